The van der Waals surface area contributed by atoms with E-state index in [0.717, 1.165) is 0 Å². The molecule has 1 fully saturated rings. The van der Waals surface area contributed by atoms with Gasteiger partial charge >= 0.3 is 5.69 Å². The van der Waals surface area contributed by atoms with E-state index in [0.29, 0.717) is 5.69 Å². The molecule has 0 saturated carbocycles. The van der Waals surface area contributed by atoms with E-state index < -0.39 is 29.7 Å². The molecule has 1 aliphatic rings. The predicted octanol–water partition coefficient (Wildman–Crippen LogP) is -0.761. The van der Waals surface area contributed by atoms with Gasteiger partial charge in [-0.25, -0.2) is 4.79 Å². The van der Waals surface area contributed by atoms with E-state index >= 15 is 0 Å². The third-order valence-corrected chi connectivity index (χ3v) is 3.60. The summed E-state index contributed by atoms with van der Waals surface area (Å²) >= 11 is 0. The highest BCUT2D eigenvalue weighted by atomic mass is 16.5. The van der Waals surface area contributed by atoms with Gasteiger partial charge in [0.2, 0.25) is 0 Å². The van der Waals surface area contributed by atoms with E-state index in [1.54, 1.807) is 24.4 Å². The van der Waals surface area contributed by atoms with Crippen LogP contribution in [0.1, 0.15) is 12.6 Å². The molecule has 3 rings (SSSR count). The molecule has 1 saturated heterocycles. The van der Waals surface area contributed by atoms with E-state index in [1.165, 1.54) is 10.8 Å². The van der Waals surface area contributed by atoms with E-state index in [9.17, 15) is 14.7 Å². The van der Waals surface area contributed by atoms with Crippen LogP contribution >= 0.6 is 0 Å². The average molecular weight is 305 g/mol. The third-order valence-electron chi connectivity index (χ3n) is 3.60. The van der Waals surface area contributed by atoms with Crippen molar-refractivity contribution >= 4 is 0 Å². The van der Waals surface area contributed by atoms with Crippen LogP contribution in [0.5, 0.6) is 0 Å². The van der Waals surface area contributed by atoms with Crippen molar-refractivity contribution < 1.29 is 14.9 Å². The highest BCUT2D eigenvalue weighted by Crippen LogP contribution is 2.27. The van der Waals surface area contributed by atoms with Crippen LogP contribution in [0.25, 0.3) is 11.3 Å². The van der Waals surface area contributed by atoms with Crippen LogP contribution in [-0.2, 0) is 4.74 Å². The van der Waals surface area contributed by atoms with Crippen molar-refractivity contribution in [1.82, 2.24) is 14.5 Å². The second-order valence-electron chi connectivity index (χ2n) is 5.04. The quantitative estimate of drug-likeness (QED) is 0.686. The molecular formula is C14H15N3O5. The van der Waals surface area contributed by atoms with E-state index in [1.807, 2.05) is 0 Å². The van der Waals surface area contributed by atoms with Crippen molar-refractivity contribution in [1.29, 1.82) is 0 Å². The lowest BCUT2D eigenvalue weighted by Crippen LogP contribution is -2.33. The number of hydrogen-bond acceptors (Lipinski definition) is 6. The predicted molar refractivity (Wildman–Crippen MR) is 76.2 cm³/mol. The summed E-state index contributed by atoms with van der Waals surface area (Å²) in [6, 6.07) is 5.10. The fourth-order valence-corrected chi connectivity index (χ4v) is 2.45. The van der Waals surface area contributed by atoms with Gasteiger partial charge in [0.15, 0.2) is 0 Å². The third kappa shape index (κ3) is 2.59. The molecule has 8 heteroatoms. The zero-order chi connectivity index (χ0) is 15.7. The van der Waals surface area contributed by atoms with Crippen molar-refractivity contribution in [3.05, 3.63) is 51.4 Å². The second-order valence-corrected chi connectivity index (χ2v) is 5.04. The molecule has 22 heavy (non-hydrogen) atoms. The van der Waals surface area contributed by atoms with Gasteiger partial charge in [0.05, 0.1) is 24.0 Å². The highest BCUT2D eigenvalue weighted by Gasteiger charge is 2.35. The number of aliphatic hydroxyl groups excluding tert-OH is 2. The van der Waals surface area contributed by atoms with Gasteiger partial charge in [0, 0.05) is 18.8 Å². The molecule has 8 nitrogen and oxygen atoms in total. The van der Waals surface area contributed by atoms with Gasteiger partial charge in [-0.3, -0.25) is 19.3 Å². The Morgan fingerprint density at radius 2 is 2.23 bits per heavy atom. The fourth-order valence-electron chi connectivity index (χ4n) is 2.45. The fraction of sp³-hybridized carbons (Fsp3) is 0.357. The summed E-state index contributed by atoms with van der Waals surface area (Å²) in [6.07, 6.45) is 0.689. The van der Waals surface area contributed by atoms with Gasteiger partial charge in [-0.15, -0.1) is 0 Å². The zero-order valence-electron chi connectivity index (χ0n) is 11.5. The Morgan fingerprint density at radius 3 is 2.86 bits per heavy atom. The molecule has 0 spiro atoms. The molecule has 0 unspecified atom stereocenters. The summed E-state index contributed by atoms with van der Waals surface area (Å²) in [5, 5.41) is 18.9. The monoisotopic (exact) mass is 305 g/mol. The van der Waals surface area contributed by atoms with Crippen LogP contribution in [-0.4, -0.2) is 43.6 Å². The summed E-state index contributed by atoms with van der Waals surface area (Å²) in [4.78, 5) is 30.2. The van der Waals surface area contributed by atoms with Crippen LogP contribution in [0.4, 0.5) is 0 Å². The van der Waals surface area contributed by atoms with Gasteiger partial charge in [0.1, 0.15) is 12.3 Å². The lowest BCUT2D eigenvalue weighted by atomic mass is 10.2. The number of nitrogens with zero attached hydrogens (tertiary/aromatic N) is 2. The number of pyridine rings is 1. The van der Waals surface area contributed by atoms with Gasteiger partial charge in [0.25, 0.3) is 5.56 Å². The normalized spacial score (nSPS) is 24.5. The maximum atomic E-state index is 12.0. The zero-order valence-corrected chi connectivity index (χ0v) is 11.5. The van der Waals surface area contributed by atoms with Gasteiger partial charge in [-0.2, -0.15) is 0 Å². The molecule has 3 N–H and O–H groups in total. The molecule has 0 aromatic carbocycles. The number of ether oxygens (including phenoxy) is 1. The smallest absolute Gasteiger partial charge is 0.330 e. The number of aliphatic hydroxyl groups is 2. The first-order chi connectivity index (χ1) is 10.6. The number of H-pyrrole nitrogens is 1. The SMILES string of the molecule is O=c1[nH]c(=O)n([C@H]2C[C@H](O)[C@@H](CO)O2)cc1-c1ccccn1. The molecule has 0 aliphatic carbocycles. The number of aromatic amines is 1. The van der Waals surface area contributed by atoms with E-state index in [-0.39, 0.29) is 18.6 Å². The van der Waals surface area contributed by atoms with Crippen molar-refractivity contribution in [2.75, 3.05) is 6.61 Å². The number of rotatable bonds is 3. The molecule has 3 atom stereocenters. The number of hydrogen-bond donors (Lipinski definition) is 3. The number of aromatic nitrogens is 3. The van der Waals surface area contributed by atoms with Crippen LogP contribution in [0.15, 0.2) is 40.2 Å². The lowest BCUT2D eigenvalue weighted by molar-refractivity contribution is -0.0458. The molecule has 3 heterocycles. The van der Waals surface area contributed by atoms with Crippen molar-refractivity contribution in [2.45, 2.75) is 24.9 Å². The Bertz CT molecular complexity index is 770. The standard InChI is InChI=1S/C14H15N3O5/c18-7-11-10(19)5-12(22-11)17-6-8(13(20)16-14(17)21)9-3-1-2-4-15-9/h1-4,6,10-12,18-19H,5,7H2,(H,16,20,21)/t10-,11+,12+/m0/s1. The summed E-state index contributed by atoms with van der Waals surface area (Å²) in [7, 11) is 0. The summed E-state index contributed by atoms with van der Waals surface area (Å²) in [6.45, 7) is -0.344. The molecule has 2 aromatic heterocycles. The van der Waals surface area contributed by atoms with E-state index in [2.05, 4.69) is 9.97 Å². The molecule has 2 aromatic rings. The highest BCUT2D eigenvalue weighted by molar-refractivity contribution is 5.55. The first-order valence-electron chi connectivity index (χ1n) is 6.81. The molecule has 0 radical (unpaired) electrons. The minimum Gasteiger partial charge on any atom is -0.394 e. The summed E-state index contributed by atoms with van der Waals surface area (Å²) < 4.78 is 6.64. The Labute approximate surface area is 124 Å². The topological polar surface area (TPSA) is 117 Å². The average Bonchev–Trinajstić information content (AvgIpc) is 2.89. The van der Waals surface area contributed by atoms with Crippen molar-refractivity contribution in [2.24, 2.45) is 0 Å². The minimum absolute atomic E-state index is 0.152. The Morgan fingerprint density at radius 1 is 1.41 bits per heavy atom. The largest absolute Gasteiger partial charge is 0.394 e. The van der Waals surface area contributed by atoms with Crippen LogP contribution in [0.2, 0.25) is 0 Å². The van der Waals surface area contributed by atoms with Crippen molar-refractivity contribution in [3.63, 3.8) is 0 Å². The molecule has 116 valence electrons. The van der Waals surface area contributed by atoms with Crippen LogP contribution in [0.3, 0.4) is 0 Å². The van der Waals surface area contributed by atoms with E-state index in [4.69, 9.17) is 9.84 Å². The molecule has 1 aliphatic heterocycles. The Kier molecular flexibility index (Phi) is 3.88. The van der Waals surface area contributed by atoms with Crippen LogP contribution in [0, 0.1) is 0 Å². The molecular weight excluding hydrogens is 290 g/mol. The summed E-state index contributed by atoms with van der Waals surface area (Å²) in [5.74, 6) is 0. The lowest BCUT2D eigenvalue weighted by Gasteiger charge is -2.15. The van der Waals surface area contributed by atoms with Gasteiger partial charge in [-0.05, 0) is 12.1 Å². The molecule has 0 amide bonds. The maximum absolute atomic E-state index is 12.0. The first-order valence-corrected chi connectivity index (χ1v) is 6.81. The summed E-state index contributed by atoms with van der Waals surface area (Å²) in [5.41, 5.74) is -0.529. The Hall–Kier alpha value is -2.29. The van der Waals surface area contributed by atoms with Crippen LogP contribution < -0.4 is 11.2 Å². The minimum atomic E-state index is -0.868. The second kappa shape index (κ2) is 5.84. The first kappa shape index (κ1) is 14.6. The van der Waals surface area contributed by atoms with Gasteiger partial charge in [-0.1, -0.05) is 6.07 Å². The Balaban J connectivity index is 2.03. The molecule has 0 bridgehead atoms. The van der Waals surface area contributed by atoms with Crippen molar-refractivity contribution in [3.8, 4) is 11.3 Å². The van der Waals surface area contributed by atoms with Gasteiger partial charge < -0.3 is 14.9 Å². The maximum Gasteiger partial charge on any atom is 0.330 e. The number of nitrogens with one attached hydrogen (secondary N) is 1.